The zero-order chi connectivity index (χ0) is 18.8. The van der Waals surface area contributed by atoms with Gasteiger partial charge in [0.25, 0.3) is 0 Å². The first kappa shape index (κ1) is 19.2. The van der Waals surface area contributed by atoms with Crippen molar-refractivity contribution in [3.8, 4) is 5.75 Å². The minimum absolute atomic E-state index is 0.125. The molecule has 2 rings (SSSR count). The van der Waals surface area contributed by atoms with Gasteiger partial charge in [-0.1, -0.05) is 48.1 Å². The zero-order valence-corrected chi connectivity index (χ0v) is 14.4. The molecule has 3 nitrogen and oxygen atoms in total. The Morgan fingerprint density at radius 1 is 1.20 bits per heavy atom. The molecule has 0 heterocycles. The second-order valence-electron chi connectivity index (χ2n) is 4.83. The van der Waals surface area contributed by atoms with Crippen molar-refractivity contribution in [1.29, 1.82) is 0 Å². The van der Waals surface area contributed by atoms with Crippen LogP contribution in [0.2, 0.25) is 5.02 Å². The molecule has 25 heavy (non-hydrogen) atoms. The number of methoxy groups -OCH3 is 1. The van der Waals surface area contributed by atoms with E-state index in [2.05, 4.69) is 6.58 Å². The Bertz CT molecular complexity index is 834. The van der Waals surface area contributed by atoms with Gasteiger partial charge in [0, 0.05) is 10.5 Å². The third-order valence-electron chi connectivity index (χ3n) is 3.26. The van der Waals surface area contributed by atoms with Crippen LogP contribution in [0.25, 0.3) is 5.57 Å². The highest BCUT2D eigenvalue weighted by Crippen LogP contribution is 2.46. The second kappa shape index (κ2) is 7.41. The van der Waals surface area contributed by atoms with Crippen LogP contribution in [0.3, 0.4) is 0 Å². The highest BCUT2D eigenvalue weighted by Gasteiger charge is 2.38. The first-order valence-electron chi connectivity index (χ1n) is 6.80. The Morgan fingerprint density at radius 3 is 2.40 bits per heavy atom. The van der Waals surface area contributed by atoms with E-state index in [0.29, 0.717) is 10.6 Å². The lowest BCUT2D eigenvalue weighted by molar-refractivity contribution is -0.137. The summed E-state index contributed by atoms with van der Waals surface area (Å²) in [5, 5.41) is 8.38. The molecule has 8 heteroatoms. The number of alkyl halides is 3. The topological polar surface area (TPSA) is 46.5 Å². The highest BCUT2D eigenvalue weighted by atomic mass is 35.5. The fraction of sp³-hybridized carbons (Fsp3) is 0.118. The molecule has 0 spiro atoms. The minimum Gasteiger partial charge on any atom is -0.496 e. The first-order chi connectivity index (χ1) is 11.7. The van der Waals surface area contributed by atoms with Crippen molar-refractivity contribution in [2.24, 2.45) is 0 Å². The number of benzene rings is 2. The van der Waals surface area contributed by atoms with Crippen LogP contribution in [0.5, 0.6) is 5.75 Å². The van der Waals surface area contributed by atoms with Crippen LogP contribution < -0.4 is 4.74 Å². The van der Waals surface area contributed by atoms with Gasteiger partial charge in [-0.25, -0.2) is 4.79 Å². The van der Waals surface area contributed by atoms with Crippen LogP contribution in [0.4, 0.5) is 13.2 Å². The molecule has 0 amide bonds. The Labute approximate surface area is 151 Å². The van der Waals surface area contributed by atoms with Crippen LogP contribution in [0.1, 0.15) is 11.1 Å². The van der Waals surface area contributed by atoms with E-state index in [1.165, 1.54) is 13.2 Å². The number of rotatable bonds is 5. The number of halogens is 4. The molecule has 0 aliphatic rings. The van der Waals surface area contributed by atoms with E-state index in [4.69, 9.17) is 21.4 Å². The fourth-order valence-corrected chi connectivity index (χ4v) is 3.45. The zero-order valence-electron chi connectivity index (χ0n) is 12.9. The van der Waals surface area contributed by atoms with Crippen molar-refractivity contribution in [2.45, 2.75) is 16.0 Å². The predicted molar refractivity (Wildman–Crippen MR) is 90.2 cm³/mol. The first-order valence-corrected chi connectivity index (χ1v) is 7.99. The maximum absolute atomic E-state index is 13.4. The molecule has 0 unspecified atom stereocenters. The maximum Gasteiger partial charge on any atom is 0.418 e. The van der Waals surface area contributed by atoms with Crippen molar-refractivity contribution >= 4 is 34.9 Å². The molecule has 0 bridgehead atoms. The molecule has 2 aromatic carbocycles. The molecule has 132 valence electrons. The Kier molecular flexibility index (Phi) is 5.69. The van der Waals surface area contributed by atoms with Crippen molar-refractivity contribution in [1.82, 2.24) is 0 Å². The SMILES string of the molecule is C=C(C(=O)O)c1ccc(Sc2ccccc2OC)c(Cl)c1C(F)(F)F. The average Bonchev–Trinajstić information content (AvgIpc) is 2.55. The Balaban J connectivity index is 2.59. The number of para-hydroxylation sites is 1. The van der Waals surface area contributed by atoms with E-state index < -0.39 is 33.9 Å². The molecule has 0 atom stereocenters. The summed E-state index contributed by atoms with van der Waals surface area (Å²) < 4.78 is 45.5. The molecule has 0 aromatic heterocycles. The molecule has 0 saturated carbocycles. The molecule has 0 aliphatic carbocycles. The van der Waals surface area contributed by atoms with E-state index in [0.717, 1.165) is 17.8 Å². The molecule has 2 aromatic rings. The quantitative estimate of drug-likeness (QED) is 0.675. The lowest BCUT2D eigenvalue weighted by Gasteiger charge is -2.17. The number of carbonyl (C=O) groups is 1. The molecule has 0 radical (unpaired) electrons. The lowest BCUT2D eigenvalue weighted by Crippen LogP contribution is -2.12. The summed E-state index contributed by atoms with van der Waals surface area (Å²) in [7, 11) is 1.45. The number of aliphatic carboxylic acids is 1. The van der Waals surface area contributed by atoms with Crippen LogP contribution in [0.15, 0.2) is 52.8 Å². The third-order valence-corrected chi connectivity index (χ3v) is 4.88. The van der Waals surface area contributed by atoms with Gasteiger partial charge >= 0.3 is 12.1 Å². The Morgan fingerprint density at radius 2 is 1.84 bits per heavy atom. The van der Waals surface area contributed by atoms with E-state index in [1.807, 2.05) is 0 Å². The number of hydrogen-bond acceptors (Lipinski definition) is 3. The largest absolute Gasteiger partial charge is 0.496 e. The van der Waals surface area contributed by atoms with Gasteiger partial charge < -0.3 is 9.84 Å². The van der Waals surface area contributed by atoms with Gasteiger partial charge in [0.1, 0.15) is 5.75 Å². The van der Waals surface area contributed by atoms with E-state index >= 15 is 0 Å². The summed E-state index contributed by atoms with van der Waals surface area (Å²) in [6, 6.07) is 9.18. The molecule has 1 N–H and O–H groups in total. The molecular weight excluding hydrogens is 377 g/mol. The fourth-order valence-electron chi connectivity index (χ4n) is 2.10. The predicted octanol–water partition coefficient (Wildman–Crippen LogP) is 5.62. The third kappa shape index (κ3) is 4.11. The van der Waals surface area contributed by atoms with Gasteiger partial charge in [0.2, 0.25) is 0 Å². The summed E-state index contributed by atoms with van der Waals surface area (Å²) in [6.45, 7) is 3.20. The van der Waals surface area contributed by atoms with Gasteiger partial charge in [0.15, 0.2) is 0 Å². The number of carboxylic acid groups (broad SMARTS) is 1. The normalized spacial score (nSPS) is 11.2. The summed E-state index contributed by atoms with van der Waals surface area (Å²) in [4.78, 5) is 11.7. The summed E-state index contributed by atoms with van der Waals surface area (Å²) >= 11 is 6.97. The molecule has 0 saturated heterocycles. The minimum atomic E-state index is -4.83. The van der Waals surface area contributed by atoms with Gasteiger partial charge in [-0.05, 0) is 18.2 Å². The van der Waals surface area contributed by atoms with Gasteiger partial charge in [-0.3, -0.25) is 0 Å². The van der Waals surface area contributed by atoms with Crippen molar-refractivity contribution < 1.29 is 27.8 Å². The van der Waals surface area contributed by atoms with Crippen molar-refractivity contribution in [3.05, 3.63) is 59.1 Å². The monoisotopic (exact) mass is 388 g/mol. The number of ether oxygens (including phenoxy) is 1. The van der Waals surface area contributed by atoms with Crippen LogP contribution in [-0.4, -0.2) is 18.2 Å². The van der Waals surface area contributed by atoms with Crippen LogP contribution >= 0.6 is 23.4 Å². The Hall–Kier alpha value is -2.12. The molecule has 0 aliphatic heterocycles. The van der Waals surface area contributed by atoms with Crippen LogP contribution in [0, 0.1) is 0 Å². The molecule has 0 fully saturated rings. The van der Waals surface area contributed by atoms with Crippen molar-refractivity contribution in [3.63, 3.8) is 0 Å². The lowest BCUT2D eigenvalue weighted by atomic mass is 10.0. The summed E-state index contributed by atoms with van der Waals surface area (Å²) in [5.74, 6) is -1.07. The van der Waals surface area contributed by atoms with Gasteiger partial charge in [0.05, 0.1) is 28.2 Å². The highest BCUT2D eigenvalue weighted by molar-refractivity contribution is 7.99. The van der Waals surface area contributed by atoms with Crippen LogP contribution in [-0.2, 0) is 11.0 Å². The molecular formula is C17H12ClF3O3S. The smallest absolute Gasteiger partial charge is 0.418 e. The second-order valence-corrected chi connectivity index (χ2v) is 6.30. The average molecular weight is 389 g/mol. The van der Waals surface area contributed by atoms with E-state index in [-0.39, 0.29) is 4.90 Å². The summed E-state index contributed by atoms with van der Waals surface area (Å²) in [6.07, 6.45) is -4.83. The van der Waals surface area contributed by atoms with Crippen molar-refractivity contribution in [2.75, 3.05) is 7.11 Å². The summed E-state index contributed by atoms with van der Waals surface area (Å²) in [5.41, 5.74) is -2.46. The van der Waals surface area contributed by atoms with Gasteiger partial charge in [-0.2, -0.15) is 13.2 Å². The standard InChI is InChI=1S/C17H12ClF3O3S/c1-9(16(22)23)10-7-8-13(15(18)14(10)17(19,20)21)25-12-6-4-3-5-11(12)24-2/h3-8H,1H2,2H3,(H,22,23). The van der Waals surface area contributed by atoms with E-state index in [9.17, 15) is 18.0 Å². The number of hydrogen-bond donors (Lipinski definition) is 1. The number of carboxylic acids is 1. The van der Waals surface area contributed by atoms with E-state index in [1.54, 1.807) is 24.3 Å². The maximum atomic E-state index is 13.4. The van der Waals surface area contributed by atoms with Gasteiger partial charge in [-0.15, -0.1) is 0 Å².